The third-order valence-corrected chi connectivity index (χ3v) is 3.55. The summed E-state index contributed by atoms with van der Waals surface area (Å²) >= 11 is 0. The summed E-state index contributed by atoms with van der Waals surface area (Å²) in [6, 6.07) is 11.4. The van der Waals surface area contributed by atoms with E-state index in [9.17, 15) is 15.3 Å². The van der Waals surface area contributed by atoms with Crippen molar-refractivity contribution < 1.29 is 15.3 Å². The van der Waals surface area contributed by atoms with Crippen molar-refractivity contribution in [2.24, 2.45) is 0 Å². The summed E-state index contributed by atoms with van der Waals surface area (Å²) in [6.45, 7) is 3.69. The SMILES string of the molecule is CCCc1c(O)c(CC(C)O)cc(-c2ccccc2)c1O. The molecular formula is C18H22O3. The molecule has 0 aliphatic rings. The first kappa shape index (κ1) is 15.4. The Morgan fingerprint density at radius 3 is 2.29 bits per heavy atom. The van der Waals surface area contributed by atoms with Gasteiger partial charge in [0.15, 0.2) is 0 Å². The van der Waals surface area contributed by atoms with Gasteiger partial charge in [0.25, 0.3) is 0 Å². The van der Waals surface area contributed by atoms with E-state index >= 15 is 0 Å². The van der Waals surface area contributed by atoms with Gasteiger partial charge in [0.1, 0.15) is 11.5 Å². The molecule has 0 fully saturated rings. The van der Waals surface area contributed by atoms with Crippen LogP contribution in [-0.2, 0) is 12.8 Å². The molecule has 1 atom stereocenters. The summed E-state index contributed by atoms with van der Waals surface area (Å²) in [5, 5.41) is 30.4. The fraction of sp³-hybridized carbons (Fsp3) is 0.333. The third-order valence-electron chi connectivity index (χ3n) is 3.55. The molecule has 3 heteroatoms. The molecule has 112 valence electrons. The highest BCUT2D eigenvalue weighted by Crippen LogP contribution is 2.40. The summed E-state index contributed by atoms with van der Waals surface area (Å²) in [4.78, 5) is 0. The highest BCUT2D eigenvalue weighted by atomic mass is 16.3. The molecule has 0 saturated heterocycles. The summed E-state index contributed by atoms with van der Waals surface area (Å²) in [7, 11) is 0. The van der Waals surface area contributed by atoms with Gasteiger partial charge in [-0.05, 0) is 30.5 Å². The molecule has 0 radical (unpaired) electrons. The number of aliphatic hydroxyl groups excluding tert-OH is 1. The molecule has 1 unspecified atom stereocenters. The van der Waals surface area contributed by atoms with Crippen LogP contribution in [0.1, 0.15) is 31.4 Å². The molecule has 0 amide bonds. The molecule has 0 heterocycles. The van der Waals surface area contributed by atoms with Crippen LogP contribution >= 0.6 is 0 Å². The van der Waals surface area contributed by atoms with E-state index in [-0.39, 0.29) is 11.5 Å². The lowest BCUT2D eigenvalue weighted by molar-refractivity contribution is 0.194. The second kappa shape index (κ2) is 6.64. The number of rotatable bonds is 5. The van der Waals surface area contributed by atoms with Crippen molar-refractivity contribution in [3.63, 3.8) is 0 Å². The van der Waals surface area contributed by atoms with Gasteiger partial charge in [-0.15, -0.1) is 0 Å². The number of hydrogen-bond donors (Lipinski definition) is 3. The maximum absolute atomic E-state index is 10.5. The Morgan fingerprint density at radius 2 is 1.71 bits per heavy atom. The number of benzene rings is 2. The first-order valence-electron chi connectivity index (χ1n) is 7.34. The molecule has 2 rings (SSSR count). The zero-order chi connectivity index (χ0) is 15.4. The predicted molar refractivity (Wildman–Crippen MR) is 84.6 cm³/mol. The van der Waals surface area contributed by atoms with Gasteiger partial charge in [-0.25, -0.2) is 0 Å². The average Bonchev–Trinajstić information content (AvgIpc) is 2.47. The Hall–Kier alpha value is -2.00. The second-order valence-corrected chi connectivity index (χ2v) is 5.43. The van der Waals surface area contributed by atoms with E-state index in [2.05, 4.69) is 0 Å². The van der Waals surface area contributed by atoms with Crippen LogP contribution in [-0.4, -0.2) is 21.4 Å². The highest BCUT2D eigenvalue weighted by Gasteiger charge is 2.18. The van der Waals surface area contributed by atoms with Gasteiger partial charge in [0.05, 0.1) is 6.10 Å². The normalized spacial score (nSPS) is 12.3. The first-order valence-corrected chi connectivity index (χ1v) is 7.34. The van der Waals surface area contributed by atoms with E-state index in [0.717, 1.165) is 12.0 Å². The Balaban J connectivity index is 2.61. The van der Waals surface area contributed by atoms with Crippen molar-refractivity contribution in [1.82, 2.24) is 0 Å². The smallest absolute Gasteiger partial charge is 0.130 e. The van der Waals surface area contributed by atoms with Gasteiger partial charge < -0.3 is 15.3 Å². The van der Waals surface area contributed by atoms with Crippen LogP contribution in [0.25, 0.3) is 11.1 Å². The molecule has 2 aromatic rings. The molecule has 2 aromatic carbocycles. The standard InChI is InChI=1S/C18H22O3/c1-3-7-15-17(20)14(10-12(2)19)11-16(18(15)21)13-8-5-4-6-9-13/h4-6,8-9,11-12,19-21H,3,7,10H2,1-2H3. The van der Waals surface area contributed by atoms with Gasteiger partial charge in [0.2, 0.25) is 0 Å². The van der Waals surface area contributed by atoms with Crippen molar-refractivity contribution in [3.05, 3.63) is 47.5 Å². The maximum atomic E-state index is 10.5. The minimum absolute atomic E-state index is 0.106. The number of phenols is 2. The molecule has 0 aliphatic carbocycles. The lowest BCUT2D eigenvalue weighted by atomic mass is 9.93. The summed E-state index contributed by atoms with van der Waals surface area (Å²) in [5.74, 6) is 0.241. The number of aromatic hydroxyl groups is 2. The molecule has 0 aliphatic heterocycles. The molecule has 3 nitrogen and oxygen atoms in total. The fourth-order valence-corrected chi connectivity index (χ4v) is 2.58. The zero-order valence-corrected chi connectivity index (χ0v) is 12.5. The monoisotopic (exact) mass is 286 g/mol. The van der Waals surface area contributed by atoms with Gasteiger partial charge in [-0.1, -0.05) is 43.7 Å². The number of aliphatic hydroxyl groups is 1. The summed E-state index contributed by atoms with van der Waals surface area (Å²) in [5.41, 5.74) is 2.84. The van der Waals surface area contributed by atoms with Crippen LogP contribution < -0.4 is 0 Å². The summed E-state index contributed by atoms with van der Waals surface area (Å²) in [6.07, 6.45) is 1.25. The zero-order valence-electron chi connectivity index (χ0n) is 12.5. The summed E-state index contributed by atoms with van der Waals surface area (Å²) < 4.78 is 0. The van der Waals surface area contributed by atoms with Crippen molar-refractivity contribution >= 4 is 0 Å². The minimum Gasteiger partial charge on any atom is -0.507 e. The van der Waals surface area contributed by atoms with Gasteiger partial charge in [-0.2, -0.15) is 0 Å². The minimum atomic E-state index is -0.543. The molecule has 0 saturated carbocycles. The van der Waals surface area contributed by atoms with E-state index in [1.54, 1.807) is 13.0 Å². The topological polar surface area (TPSA) is 60.7 Å². The Labute approximate surface area is 125 Å². The van der Waals surface area contributed by atoms with E-state index < -0.39 is 6.10 Å². The van der Waals surface area contributed by atoms with E-state index in [4.69, 9.17) is 0 Å². The lowest BCUT2D eigenvalue weighted by Gasteiger charge is -2.17. The van der Waals surface area contributed by atoms with Crippen molar-refractivity contribution in [2.75, 3.05) is 0 Å². The Morgan fingerprint density at radius 1 is 1.05 bits per heavy atom. The van der Waals surface area contributed by atoms with Crippen LogP contribution in [0.5, 0.6) is 11.5 Å². The fourth-order valence-electron chi connectivity index (χ4n) is 2.58. The van der Waals surface area contributed by atoms with Gasteiger partial charge in [-0.3, -0.25) is 0 Å². The Kier molecular flexibility index (Phi) is 4.86. The van der Waals surface area contributed by atoms with Gasteiger partial charge >= 0.3 is 0 Å². The van der Waals surface area contributed by atoms with Crippen LogP contribution in [0.2, 0.25) is 0 Å². The van der Waals surface area contributed by atoms with Crippen molar-refractivity contribution in [3.8, 4) is 22.6 Å². The van der Waals surface area contributed by atoms with E-state index in [1.807, 2.05) is 37.3 Å². The third kappa shape index (κ3) is 3.37. The highest BCUT2D eigenvalue weighted by molar-refractivity contribution is 5.75. The van der Waals surface area contributed by atoms with Crippen LogP contribution in [0.4, 0.5) is 0 Å². The molecule has 0 spiro atoms. The predicted octanol–water partition coefficient (Wildman–Crippen LogP) is 3.64. The van der Waals surface area contributed by atoms with E-state index in [1.165, 1.54) is 0 Å². The second-order valence-electron chi connectivity index (χ2n) is 5.43. The molecule has 0 bridgehead atoms. The molecular weight excluding hydrogens is 264 g/mol. The quantitative estimate of drug-likeness (QED) is 0.786. The van der Waals surface area contributed by atoms with Crippen LogP contribution in [0.15, 0.2) is 36.4 Å². The number of hydrogen-bond acceptors (Lipinski definition) is 3. The van der Waals surface area contributed by atoms with Crippen molar-refractivity contribution in [1.29, 1.82) is 0 Å². The maximum Gasteiger partial charge on any atom is 0.130 e. The largest absolute Gasteiger partial charge is 0.507 e. The Bertz CT molecular complexity index is 604. The van der Waals surface area contributed by atoms with E-state index in [0.29, 0.717) is 29.5 Å². The van der Waals surface area contributed by atoms with Crippen LogP contribution in [0.3, 0.4) is 0 Å². The average molecular weight is 286 g/mol. The molecule has 21 heavy (non-hydrogen) atoms. The molecule has 3 N–H and O–H groups in total. The number of phenolic OH excluding ortho intramolecular Hbond substituents is 2. The van der Waals surface area contributed by atoms with Crippen LogP contribution in [0, 0.1) is 0 Å². The molecule has 0 aromatic heterocycles. The van der Waals surface area contributed by atoms with Gasteiger partial charge in [0, 0.05) is 17.5 Å². The van der Waals surface area contributed by atoms with Crippen molar-refractivity contribution in [2.45, 2.75) is 39.2 Å². The lowest BCUT2D eigenvalue weighted by Crippen LogP contribution is -2.06. The first-order chi connectivity index (χ1) is 10.0.